The van der Waals surface area contributed by atoms with Gasteiger partial charge in [-0.25, -0.2) is 9.97 Å². The van der Waals surface area contributed by atoms with Crippen LogP contribution in [0.3, 0.4) is 0 Å². The van der Waals surface area contributed by atoms with Crippen molar-refractivity contribution in [1.29, 1.82) is 0 Å². The molecule has 0 saturated carbocycles. The first kappa shape index (κ1) is 17.2. The van der Waals surface area contributed by atoms with Gasteiger partial charge in [-0.1, -0.05) is 18.2 Å². The van der Waals surface area contributed by atoms with Gasteiger partial charge in [0.15, 0.2) is 0 Å². The number of aromatic nitrogens is 3. The molecule has 0 fully saturated rings. The molecule has 4 aromatic rings. The number of amides is 1. The molecule has 0 atom stereocenters. The predicted molar refractivity (Wildman–Crippen MR) is 104 cm³/mol. The van der Waals surface area contributed by atoms with Crippen molar-refractivity contribution >= 4 is 22.9 Å². The molecule has 1 N–H and O–H groups in total. The molecule has 27 heavy (non-hydrogen) atoms. The molecule has 3 heterocycles. The van der Waals surface area contributed by atoms with E-state index in [1.165, 1.54) is 11.3 Å². The SMILES string of the molecule is Cc1csc(CNC(=O)c2ccccc2OCc2cn3ccccc3n2)n1. The van der Waals surface area contributed by atoms with Gasteiger partial charge < -0.3 is 14.5 Å². The summed E-state index contributed by atoms with van der Waals surface area (Å²) in [6.45, 7) is 2.63. The number of nitrogens with zero attached hydrogens (tertiary/aromatic N) is 3. The summed E-state index contributed by atoms with van der Waals surface area (Å²) in [5.74, 6) is 0.343. The van der Waals surface area contributed by atoms with Crippen LogP contribution in [0, 0.1) is 6.92 Å². The molecule has 1 aromatic carbocycles. The number of fused-ring (bicyclic) bond motifs is 1. The van der Waals surface area contributed by atoms with Crippen LogP contribution in [0.5, 0.6) is 5.75 Å². The Morgan fingerprint density at radius 1 is 1.19 bits per heavy atom. The fraction of sp³-hybridized carbons (Fsp3) is 0.150. The molecule has 6 nitrogen and oxygen atoms in total. The predicted octanol–water partition coefficient (Wildman–Crippen LogP) is 3.61. The Balaban J connectivity index is 1.44. The summed E-state index contributed by atoms with van der Waals surface area (Å²) in [7, 11) is 0. The zero-order chi connectivity index (χ0) is 18.6. The third kappa shape index (κ3) is 3.98. The molecule has 0 radical (unpaired) electrons. The van der Waals surface area contributed by atoms with E-state index in [4.69, 9.17) is 4.74 Å². The summed E-state index contributed by atoms with van der Waals surface area (Å²) >= 11 is 1.53. The fourth-order valence-corrected chi connectivity index (χ4v) is 3.44. The number of imidazole rings is 1. The molecule has 0 aliphatic carbocycles. The largest absolute Gasteiger partial charge is 0.486 e. The molecule has 4 rings (SSSR count). The third-order valence-corrected chi connectivity index (χ3v) is 4.95. The topological polar surface area (TPSA) is 68.5 Å². The van der Waals surface area contributed by atoms with Crippen LogP contribution in [0.4, 0.5) is 0 Å². The summed E-state index contributed by atoms with van der Waals surface area (Å²) in [5.41, 5.74) is 3.12. The normalized spacial score (nSPS) is 10.9. The van der Waals surface area contributed by atoms with Crippen LogP contribution in [0.15, 0.2) is 60.2 Å². The van der Waals surface area contributed by atoms with Gasteiger partial charge in [0.1, 0.15) is 23.0 Å². The smallest absolute Gasteiger partial charge is 0.255 e. The first-order valence-corrected chi connectivity index (χ1v) is 9.40. The molecular weight excluding hydrogens is 360 g/mol. The zero-order valence-electron chi connectivity index (χ0n) is 14.8. The highest BCUT2D eigenvalue weighted by Crippen LogP contribution is 2.20. The minimum absolute atomic E-state index is 0.187. The number of rotatable bonds is 6. The van der Waals surface area contributed by atoms with Gasteiger partial charge in [-0.3, -0.25) is 4.79 Å². The molecule has 0 aliphatic heterocycles. The van der Waals surface area contributed by atoms with Crippen molar-refractivity contribution in [3.63, 3.8) is 0 Å². The lowest BCUT2D eigenvalue weighted by atomic mass is 10.2. The molecule has 7 heteroatoms. The van der Waals surface area contributed by atoms with E-state index in [-0.39, 0.29) is 12.5 Å². The van der Waals surface area contributed by atoms with Gasteiger partial charge in [0.25, 0.3) is 5.91 Å². The van der Waals surface area contributed by atoms with Crippen LogP contribution in [0.2, 0.25) is 0 Å². The van der Waals surface area contributed by atoms with Gasteiger partial charge in [0, 0.05) is 23.5 Å². The lowest BCUT2D eigenvalue weighted by Gasteiger charge is -2.10. The molecule has 0 unspecified atom stereocenters. The number of para-hydroxylation sites is 1. The van der Waals surface area contributed by atoms with E-state index >= 15 is 0 Å². The highest BCUT2D eigenvalue weighted by molar-refractivity contribution is 7.09. The van der Waals surface area contributed by atoms with Crippen LogP contribution >= 0.6 is 11.3 Å². The second kappa shape index (κ2) is 7.59. The van der Waals surface area contributed by atoms with Crippen molar-refractivity contribution in [2.24, 2.45) is 0 Å². The Labute approximate surface area is 160 Å². The van der Waals surface area contributed by atoms with Crippen molar-refractivity contribution in [1.82, 2.24) is 19.7 Å². The van der Waals surface area contributed by atoms with Crippen LogP contribution in [0.25, 0.3) is 5.65 Å². The van der Waals surface area contributed by atoms with Gasteiger partial charge >= 0.3 is 0 Å². The van der Waals surface area contributed by atoms with Gasteiger partial charge in [-0.05, 0) is 31.2 Å². The Morgan fingerprint density at radius 3 is 2.85 bits per heavy atom. The number of pyridine rings is 1. The zero-order valence-corrected chi connectivity index (χ0v) is 15.6. The minimum Gasteiger partial charge on any atom is -0.486 e. The maximum absolute atomic E-state index is 12.6. The van der Waals surface area contributed by atoms with Crippen molar-refractivity contribution < 1.29 is 9.53 Å². The average Bonchev–Trinajstić information content (AvgIpc) is 3.30. The Bertz CT molecular complexity index is 1050. The number of ether oxygens (including phenoxy) is 1. The summed E-state index contributed by atoms with van der Waals surface area (Å²) in [4.78, 5) is 21.4. The van der Waals surface area contributed by atoms with Crippen LogP contribution in [-0.2, 0) is 13.2 Å². The Hall–Kier alpha value is -3.19. The van der Waals surface area contributed by atoms with Crippen molar-refractivity contribution in [3.05, 3.63) is 82.2 Å². The average molecular weight is 378 g/mol. The van der Waals surface area contributed by atoms with Crippen molar-refractivity contribution in [2.45, 2.75) is 20.1 Å². The number of benzene rings is 1. The van der Waals surface area contributed by atoms with Gasteiger partial charge in [-0.15, -0.1) is 11.3 Å². The molecule has 0 spiro atoms. The number of carbonyl (C=O) groups excluding carboxylic acids is 1. The van der Waals surface area contributed by atoms with E-state index in [0.717, 1.165) is 22.0 Å². The molecule has 3 aromatic heterocycles. The maximum Gasteiger partial charge on any atom is 0.255 e. The third-order valence-electron chi connectivity index (χ3n) is 3.99. The highest BCUT2D eigenvalue weighted by Gasteiger charge is 2.13. The number of nitrogens with one attached hydrogen (secondary N) is 1. The van der Waals surface area contributed by atoms with Crippen LogP contribution in [0.1, 0.15) is 26.8 Å². The Morgan fingerprint density at radius 2 is 2.04 bits per heavy atom. The monoisotopic (exact) mass is 378 g/mol. The molecule has 0 saturated heterocycles. The standard InChI is InChI=1S/C20H18N4O2S/c1-14-13-27-19(22-14)10-21-20(25)16-6-2-3-7-17(16)26-12-15-11-24-9-5-4-8-18(24)23-15/h2-9,11,13H,10,12H2,1H3,(H,21,25). The summed E-state index contributed by atoms with van der Waals surface area (Å²) in [6, 6.07) is 13.0. The lowest BCUT2D eigenvalue weighted by Crippen LogP contribution is -2.23. The first-order valence-electron chi connectivity index (χ1n) is 8.53. The number of aryl methyl sites for hydroxylation is 1. The quantitative estimate of drug-likeness (QED) is 0.557. The molecule has 136 valence electrons. The first-order chi connectivity index (χ1) is 13.2. The van der Waals surface area contributed by atoms with Crippen LogP contribution in [-0.4, -0.2) is 20.3 Å². The molecular formula is C20H18N4O2S. The van der Waals surface area contributed by atoms with E-state index in [9.17, 15) is 4.79 Å². The van der Waals surface area contributed by atoms with Crippen molar-refractivity contribution in [3.8, 4) is 5.75 Å². The summed E-state index contributed by atoms with van der Waals surface area (Å²) in [6.07, 6.45) is 3.86. The van der Waals surface area contributed by atoms with Crippen molar-refractivity contribution in [2.75, 3.05) is 0 Å². The summed E-state index contributed by atoms with van der Waals surface area (Å²) in [5, 5.41) is 5.74. The minimum atomic E-state index is -0.187. The highest BCUT2D eigenvalue weighted by atomic mass is 32.1. The molecule has 0 bridgehead atoms. The number of hydrogen-bond donors (Lipinski definition) is 1. The second-order valence-electron chi connectivity index (χ2n) is 6.05. The van der Waals surface area contributed by atoms with E-state index in [0.29, 0.717) is 17.9 Å². The number of hydrogen-bond acceptors (Lipinski definition) is 5. The molecule has 1 amide bonds. The van der Waals surface area contributed by atoms with Crippen LogP contribution < -0.4 is 10.1 Å². The summed E-state index contributed by atoms with van der Waals surface area (Å²) < 4.78 is 7.82. The number of thiazole rings is 1. The second-order valence-corrected chi connectivity index (χ2v) is 6.99. The van der Waals surface area contributed by atoms with E-state index in [2.05, 4.69) is 15.3 Å². The molecule has 0 aliphatic rings. The Kier molecular flexibility index (Phi) is 4.84. The van der Waals surface area contributed by atoms with E-state index < -0.39 is 0 Å². The number of carbonyl (C=O) groups is 1. The fourth-order valence-electron chi connectivity index (χ4n) is 2.72. The van der Waals surface area contributed by atoms with Gasteiger partial charge in [0.2, 0.25) is 0 Å². The van der Waals surface area contributed by atoms with E-state index in [1.807, 2.05) is 59.4 Å². The van der Waals surface area contributed by atoms with Gasteiger partial charge in [-0.2, -0.15) is 0 Å². The maximum atomic E-state index is 12.6. The van der Waals surface area contributed by atoms with E-state index in [1.54, 1.807) is 12.1 Å². The lowest BCUT2D eigenvalue weighted by molar-refractivity contribution is 0.0946. The van der Waals surface area contributed by atoms with Gasteiger partial charge in [0.05, 0.1) is 17.8 Å².